The summed E-state index contributed by atoms with van der Waals surface area (Å²) in [5.74, 6) is 0.765. The van der Waals surface area contributed by atoms with Gasteiger partial charge in [0.05, 0.1) is 25.0 Å². The number of rotatable bonds is 7. The number of aliphatic imine (C=N–C) groups is 1. The zero-order valence-corrected chi connectivity index (χ0v) is 17.8. The number of hydrogen-bond donors (Lipinski definition) is 2. The molecule has 1 aromatic heterocycles. The van der Waals surface area contributed by atoms with Gasteiger partial charge in [0.15, 0.2) is 5.96 Å². The van der Waals surface area contributed by atoms with E-state index in [1.165, 1.54) is 0 Å². The highest BCUT2D eigenvalue weighted by Gasteiger charge is 2.05. The van der Waals surface area contributed by atoms with Gasteiger partial charge in [-0.25, -0.2) is 9.67 Å². The van der Waals surface area contributed by atoms with Gasteiger partial charge in [0.2, 0.25) is 0 Å². The number of nitrogens with one attached hydrogen (secondary N) is 2. The van der Waals surface area contributed by atoms with Crippen LogP contribution in [0.5, 0.6) is 0 Å². The Morgan fingerprint density at radius 2 is 2.08 bits per heavy atom. The van der Waals surface area contributed by atoms with Crippen LogP contribution in [0.15, 0.2) is 41.7 Å². The molecule has 1 heterocycles. The van der Waals surface area contributed by atoms with E-state index in [1.807, 2.05) is 48.3 Å². The molecule has 2 rings (SSSR count). The molecule has 8 heteroatoms. The van der Waals surface area contributed by atoms with Gasteiger partial charge in [-0.3, -0.25) is 0 Å². The Balaban J connectivity index is 0.00000312. The molecular formula is C17H25ClIN5O. The lowest BCUT2D eigenvalue weighted by atomic mass is 10.3. The second-order valence-corrected chi connectivity index (χ2v) is 5.90. The predicted molar refractivity (Wildman–Crippen MR) is 113 cm³/mol. The summed E-state index contributed by atoms with van der Waals surface area (Å²) in [5, 5.41) is 11.6. The first-order chi connectivity index (χ1) is 11.6. The van der Waals surface area contributed by atoms with E-state index in [9.17, 15) is 0 Å². The smallest absolute Gasteiger partial charge is 0.191 e. The minimum absolute atomic E-state index is 0. The number of ether oxygens (including phenoxy) is 1. The zero-order chi connectivity index (χ0) is 17.4. The van der Waals surface area contributed by atoms with E-state index in [0.29, 0.717) is 18.2 Å². The standard InChI is InChI=1S/C17H24ClN5O.HI/c1-4-19-17(22-13(2)12-24-3)20-9-14-10-21-23(11-14)16-7-5-15(18)6-8-16;/h5-8,10-11,13H,4,9,12H2,1-3H3,(H2,19,20,22);1H. The van der Waals surface area contributed by atoms with Crippen molar-refractivity contribution < 1.29 is 4.74 Å². The maximum Gasteiger partial charge on any atom is 0.191 e. The van der Waals surface area contributed by atoms with Crippen LogP contribution < -0.4 is 10.6 Å². The van der Waals surface area contributed by atoms with Crippen molar-refractivity contribution in [3.8, 4) is 5.69 Å². The Labute approximate surface area is 171 Å². The summed E-state index contributed by atoms with van der Waals surface area (Å²) < 4.78 is 6.95. The maximum absolute atomic E-state index is 5.91. The summed E-state index contributed by atoms with van der Waals surface area (Å²) in [4.78, 5) is 4.59. The molecule has 2 aromatic rings. The van der Waals surface area contributed by atoms with Crippen LogP contribution in [0, 0.1) is 0 Å². The monoisotopic (exact) mass is 477 g/mol. The molecule has 0 radical (unpaired) electrons. The number of benzene rings is 1. The topological polar surface area (TPSA) is 63.5 Å². The first-order valence-electron chi connectivity index (χ1n) is 7.95. The fourth-order valence-corrected chi connectivity index (χ4v) is 2.32. The van der Waals surface area contributed by atoms with Gasteiger partial charge in [0.25, 0.3) is 0 Å². The maximum atomic E-state index is 5.91. The molecule has 0 fully saturated rings. The highest BCUT2D eigenvalue weighted by molar-refractivity contribution is 14.0. The van der Waals surface area contributed by atoms with Crippen LogP contribution in [0.3, 0.4) is 0 Å². The largest absolute Gasteiger partial charge is 0.383 e. The van der Waals surface area contributed by atoms with E-state index >= 15 is 0 Å². The fraction of sp³-hybridized carbons (Fsp3) is 0.412. The lowest BCUT2D eigenvalue weighted by Crippen LogP contribution is -2.43. The van der Waals surface area contributed by atoms with E-state index in [-0.39, 0.29) is 30.0 Å². The van der Waals surface area contributed by atoms with Gasteiger partial charge in [-0.15, -0.1) is 24.0 Å². The summed E-state index contributed by atoms with van der Waals surface area (Å²) >= 11 is 5.91. The molecule has 0 aliphatic heterocycles. The van der Waals surface area contributed by atoms with E-state index in [1.54, 1.807) is 7.11 Å². The number of hydrogen-bond acceptors (Lipinski definition) is 3. The molecular weight excluding hydrogens is 453 g/mol. The molecule has 1 atom stereocenters. The molecule has 6 nitrogen and oxygen atoms in total. The minimum atomic E-state index is 0. The lowest BCUT2D eigenvalue weighted by Gasteiger charge is -2.16. The number of halogens is 2. The summed E-state index contributed by atoms with van der Waals surface area (Å²) in [5.41, 5.74) is 2.00. The van der Waals surface area contributed by atoms with Crippen LogP contribution in [0.4, 0.5) is 0 Å². The molecule has 1 aromatic carbocycles. The Bertz CT molecular complexity index is 659. The van der Waals surface area contributed by atoms with Crippen LogP contribution in [0.2, 0.25) is 5.02 Å². The molecule has 1 unspecified atom stereocenters. The van der Waals surface area contributed by atoms with E-state index in [0.717, 1.165) is 23.8 Å². The van der Waals surface area contributed by atoms with Crippen molar-refractivity contribution in [1.29, 1.82) is 0 Å². The van der Waals surface area contributed by atoms with Crippen molar-refractivity contribution in [2.24, 2.45) is 4.99 Å². The molecule has 0 spiro atoms. The van der Waals surface area contributed by atoms with Crippen LogP contribution >= 0.6 is 35.6 Å². The third kappa shape index (κ3) is 7.21. The summed E-state index contributed by atoms with van der Waals surface area (Å²) in [7, 11) is 1.69. The first kappa shape index (κ1) is 21.7. The lowest BCUT2D eigenvalue weighted by molar-refractivity contribution is 0.179. The van der Waals surface area contributed by atoms with Crippen LogP contribution in [-0.2, 0) is 11.3 Å². The van der Waals surface area contributed by atoms with Crippen molar-refractivity contribution in [1.82, 2.24) is 20.4 Å². The van der Waals surface area contributed by atoms with Gasteiger partial charge in [-0.1, -0.05) is 11.6 Å². The van der Waals surface area contributed by atoms with Crippen molar-refractivity contribution in [2.75, 3.05) is 20.3 Å². The number of nitrogens with zero attached hydrogens (tertiary/aromatic N) is 3. The molecule has 0 saturated heterocycles. The van der Waals surface area contributed by atoms with Crippen molar-refractivity contribution in [3.63, 3.8) is 0 Å². The highest BCUT2D eigenvalue weighted by Crippen LogP contribution is 2.13. The number of guanidine groups is 1. The molecule has 0 amide bonds. The van der Waals surface area contributed by atoms with Crippen LogP contribution in [-0.4, -0.2) is 42.0 Å². The zero-order valence-electron chi connectivity index (χ0n) is 14.7. The molecule has 25 heavy (non-hydrogen) atoms. The number of methoxy groups -OCH3 is 1. The van der Waals surface area contributed by atoms with Gasteiger partial charge in [0, 0.05) is 36.5 Å². The average Bonchev–Trinajstić information content (AvgIpc) is 3.03. The predicted octanol–water partition coefficient (Wildman–Crippen LogP) is 3.23. The second kappa shape index (κ2) is 11.3. The van der Waals surface area contributed by atoms with Crippen molar-refractivity contribution in [3.05, 3.63) is 47.2 Å². The van der Waals surface area contributed by atoms with Crippen molar-refractivity contribution in [2.45, 2.75) is 26.4 Å². The van der Waals surface area contributed by atoms with Gasteiger partial charge in [0.1, 0.15) is 0 Å². The van der Waals surface area contributed by atoms with E-state index in [4.69, 9.17) is 16.3 Å². The average molecular weight is 478 g/mol. The third-order valence-electron chi connectivity index (χ3n) is 3.29. The molecule has 0 aliphatic rings. The van der Waals surface area contributed by atoms with Crippen LogP contribution in [0.25, 0.3) is 5.69 Å². The van der Waals surface area contributed by atoms with E-state index < -0.39 is 0 Å². The molecule has 0 saturated carbocycles. The molecule has 138 valence electrons. The SMILES string of the molecule is CCNC(=NCc1cnn(-c2ccc(Cl)cc2)c1)NC(C)COC.I. The van der Waals surface area contributed by atoms with Crippen molar-refractivity contribution >= 4 is 41.5 Å². The highest BCUT2D eigenvalue weighted by atomic mass is 127. The minimum Gasteiger partial charge on any atom is -0.383 e. The number of aromatic nitrogens is 2. The van der Waals surface area contributed by atoms with Gasteiger partial charge in [-0.2, -0.15) is 5.10 Å². The summed E-state index contributed by atoms with van der Waals surface area (Å²) in [6.45, 7) is 6.06. The molecule has 0 bridgehead atoms. The molecule has 2 N–H and O–H groups in total. The Morgan fingerprint density at radius 1 is 1.36 bits per heavy atom. The normalized spacial score (nSPS) is 12.4. The van der Waals surface area contributed by atoms with Crippen LogP contribution in [0.1, 0.15) is 19.4 Å². The third-order valence-corrected chi connectivity index (χ3v) is 3.54. The van der Waals surface area contributed by atoms with Gasteiger partial charge < -0.3 is 15.4 Å². The first-order valence-corrected chi connectivity index (χ1v) is 8.33. The quantitative estimate of drug-likeness (QED) is 0.365. The van der Waals surface area contributed by atoms with E-state index in [2.05, 4.69) is 27.6 Å². The Kier molecular flexibility index (Phi) is 9.84. The van der Waals surface area contributed by atoms with Gasteiger partial charge >= 0.3 is 0 Å². The molecule has 0 aliphatic carbocycles. The Hall–Kier alpha value is -1.32. The fourth-order valence-electron chi connectivity index (χ4n) is 2.19. The summed E-state index contributed by atoms with van der Waals surface area (Å²) in [6, 6.07) is 7.74. The van der Waals surface area contributed by atoms with Gasteiger partial charge in [-0.05, 0) is 38.1 Å². The summed E-state index contributed by atoms with van der Waals surface area (Å²) in [6.07, 6.45) is 3.79. The second-order valence-electron chi connectivity index (χ2n) is 5.47. The Morgan fingerprint density at radius 3 is 2.72 bits per heavy atom.